The summed E-state index contributed by atoms with van der Waals surface area (Å²) in [4.78, 5) is 0. The van der Waals surface area contributed by atoms with Gasteiger partial charge in [-0.2, -0.15) is 0 Å². The number of phenolic OH excluding ortho intramolecular Hbond substituents is 1. The molecule has 2 aromatic carbocycles. The molecule has 2 rings (SSSR count). The predicted molar refractivity (Wildman–Crippen MR) is 67.5 cm³/mol. The van der Waals surface area contributed by atoms with E-state index in [0.29, 0.717) is 23.1 Å². The Bertz CT molecular complexity index is 511. The third-order valence-electron chi connectivity index (χ3n) is 2.30. The number of rotatable bonds is 3. The van der Waals surface area contributed by atoms with Gasteiger partial charge in [-0.05, 0) is 29.8 Å². The number of ether oxygens (including phenoxy) is 1. The second kappa shape index (κ2) is 5.08. The molecular formula is C13H12ClNO2. The fourth-order valence-electron chi connectivity index (χ4n) is 1.39. The first kappa shape index (κ1) is 11.8. The molecule has 0 unspecified atom stereocenters. The van der Waals surface area contributed by atoms with Crippen molar-refractivity contribution in [1.82, 2.24) is 0 Å². The normalized spacial score (nSPS) is 10.2. The van der Waals surface area contributed by atoms with Crippen LogP contribution >= 0.6 is 11.6 Å². The van der Waals surface area contributed by atoms with Crippen LogP contribution in [0.25, 0.3) is 0 Å². The van der Waals surface area contributed by atoms with Crippen molar-refractivity contribution in [3.63, 3.8) is 0 Å². The van der Waals surface area contributed by atoms with Crippen molar-refractivity contribution in [3.05, 3.63) is 53.1 Å². The Morgan fingerprint density at radius 2 is 1.82 bits per heavy atom. The Morgan fingerprint density at radius 1 is 1.12 bits per heavy atom. The highest BCUT2D eigenvalue weighted by Gasteiger charge is 2.04. The maximum atomic E-state index is 9.34. The van der Waals surface area contributed by atoms with Gasteiger partial charge in [0.1, 0.15) is 17.2 Å². The Labute approximate surface area is 104 Å². The second-order valence-corrected chi connectivity index (χ2v) is 3.97. The molecule has 3 N–H and O–H groups in total. The summed E-state index contributed by atoms with van der Waals surface area (Å²) in [7, 11) is 0. The summed E-state index contributed by atoms with van der Waals surface area (Å²) in [5.74, 6) is 1.19. The van der Waals surface area contributed by atoms with E-state index in [-0.39, 0.29) is 5.75 Å². The van der Waals surface area contributed by atoms with Crippen molar-refractivity contribution in [2.75, 3.05) is 0 Å². The minimum Gasteiger partial charge on any atom is -0.508 e. The highest BCUT2D eigenvalue weighted by molar-refractivity contribution is 6.32. The zero-order chi connectivity index (χ0) is 12.3. The van der Waals surface area contributed by atoms with Crippen LogP contribution in [0.3, 0.4) is 0 Å². The average Bonchev–Trinajstić information content (AvgIpc) is 2.35. The highest BCUT2D eigenvalue weighted by atomic mass is 35.5. The molecule has 0 aromatic heterocycles. The third-order valence-corrected chi connectivity index (χ3v) is 2.61. The van der Waals surface area contributed by atoms with Gasteiger partial charge in [-0.15, -0.1) is 0 Å². The van der Waals surface area contributed by atoms with Gasteiger partial charge in [0.05, 0.1) is 5.02 Å². The minimum atomic E-state index is 0.114. The first-order valence-electron chi connectivity index (χ1n) is 5.14. The van der Waals surface area contributed by atoms with Gasteiger partial charge in [0, 0.05) is 12.6 Å². The first-order chi connectivity index (χ1) is 8.19. The van der Waals surface area contributed by atoms with Crippen molar-refractivity contribution >= 4 is 11.6 Å². The van der Waals surface area contributed by atoms with Crippen LogP contribution in [-0.2, 0) is 6.54 Å². The first-order valence-corrected chi connectivity index (χ1v) is 5.52. The van der Waals surface area contributed by atoms with Gasteiger partial charge in [-0.1, -0.05) is 23.7 Å². The molecule has 3 nitrogen and oxygen atoms in total. The zero-order valence-corrected chi connectivity index (χ0v) is 9.82. The summed E-state index contributed by atoms with van der Waals surface area (Å²) in [6.45, 7) is 0.493. The summed E-state index contributed by atoms with van der Waals surface area (Å²) in [5, 5.41) is 9.79. The van der Waals surface area contributed by atoms with Crippen molar-refractivity contribution in [2.45, 2.75) is 6.54 Å². The molecule has 0 bridgehead atoms. The molecule has 88 valence electrons. The van der Waals surface area contributed by atoms with Crippen LogP contribution in [0.4, 0.5) is 0 Å². The molecule has 2 aromatic rings. The predicted octanol–water partition coefficient (Wildman–Crippen LogP) is 3.30. The van der Waals surface area contributed by atoms with Gasteiger partial charge >= 0.3 is 0 Å². The van der Waals surface area contributed by atoms with Crippen LogP contribution in [0.15, 0.2) is 42.5 Å². The molecule has 0 aliphatic carbocycles. The lowest BCUT2D eigenvalue weighted by molar-refractivity contribution is 0.455. The maximum Gasteiger partial charge on any atom is 0.149 e. The number of hydrogen-bond acceptors (Lipinski definition) is 3. The molecule has 0 aliphatic heterocycles. The van der Waals surface area contributed by atoms with Gasteiger partial charge in [0.2, 0.25) is 0 Å². The van der Waals surface area contributed by atoms with E-state index in [1.807, 2.05) is 24.3 Å². The van der Waals surface area contributed by atoms with Crippen LogP contribution in [0.1, 0.15) is 5.56 Å². The van der Waals surface area contributed by atoms with Crippen LogP contribution in [0.2, 0.25) is 5.02 Å². The molecule has 4 heteroatoms. The number of phenols is 1. The Kier molecular flexibility index (Phi) is 3.52. The van der Waals surface area contributed by atoms with E-state index in [1.54, 1.807) is 6.07 Å². The molecule has 0 atom stereocenters. The van der Waals surface area contributed by atoms with Crippen LogP contribution in [0, 0.1) is 0 Å². The lowest BCUT2D eigenvalue weighted by Crippen LogP contribution is -1.95. The highest BCUT2D eigenvalue weighted by Crippen LogP contribution is 2.32. The molecule has 0 fully saturated rings. The number of nitrogens with two attached hydrogens (primary N) is 1. The van der Waals surface area contributed by atoms with Crippen molar-refractivity contribution in [1.29, 1.82) is 0 Å². The monoisotopic (exact) mass is 249 g/mol. The Hall–Kier alpha value is -1.71. The molecule has 0 aliphatic rings. The summed E-state index contributed by atoms with van der Waals surface area (Å²) in [6, 6.07) is 11.9. The van der Waals surface area contributed by atoms with Crippen molar-refractivity contribution in [3.8, 4) is 17.2 Å². The van der Waals surface area contributed by atoms with E-state index in [1.165, 1.54) is 12.1 Å². The summed E-state index contributed by atoms with van der Waals surface area (Å²) >= 11 is 5.95. The van der Waals surface area contributed by atoms with Gasteiger partial charge in [-0.25, -0.2) is 0 Å². The molecule has 0 radical (unpaired) electrons. The zero-order valence-electron chi connectivity index (χ0n) is 9.06. The van der Waals surface area contributed by atoms with E-state index in [4.69, 9.17) is 22.1 Å². The molecular weight excluding hydrogens is 238 g/mol. The van der Waals surface area contributed by atoms with Crippen molar-refractivity contribution in [2.24, 2.45) is 5.73 Å². The van der Waals surface area contributed by atoms with Crippen LogP contribution in [0.5, 0.6) is 17.2 Å². The van der Waals surface area contributed by atoms with E-state index >= 15 is 0 Å². The molecule has 0 amide bonds. The van der Waals surface area contributed by atoms with Crippen LogP contribution in [-0.4, -0.2) is 5.11 Å². The number of benzene rings is 2. The number of aromatic hydroxyl groups is 1. The van der Waals surface area contributed by atoms with E-state index < -0.39 is 0 Å². The standard InChI is InChI=1S/C13H12ClNO2/c14-12-6-3-10(16)7-13(12)17-11-4-1-9(8-15)2-5-11/h1-7,16H,8,15H2. The van der Waals surface area contributed by atoms with E-state index in [9.17, 15) is 5.11 Å². The van der Waals surface area contributed by atoms with Gasteiger partial charge in [0.15, 0.2) is 0 Å². The SMILES string of the molecule is NCc1ccc(Oc2cc(O)ccc2Cl)cc1. The number of hydrogen-bond donors (Lipinski definition) is 2. The molecule has 17 heavy (non-hydrogen) atoms. The fourth-order valence-corrected chi connectivity index (χ4v) is 1.55. The molecule has 0 saturated carbocycles. The van der Waals surface area contributed by atoms with Crippen LogP contribution < -0.4 is 10.5 Å². The molecule has 0 spiro atoms. The summed E-state index contributed by atoms with van der Waals surface area (Å²) in [5.41, 5.74) is 6.53. The lowest BCUT2D eigenvalue weighted by Gasteiger charge is -2.08. The average molecular weight is 250 g/mol. The minimum absolute atomic E-state index is 0.114. The van der Waals surface area contributed by atoms with Gasteiger partial charge < -0.3 is 15.6 Å². The molecule has 0 saturated heterocycles. The second-order valence-electron chi connectivity index (χ2n) is 3.56. The Balaban J connectivity index is 2.22. The third kappa shape index (κ3) is 2.90. The van der Waals surface area contributed by atoms with E-state index in [2.05, 4.69) is 0 Å². The fraction of sp³-hybridized carbons (Fsp3) is 0.0769. The van der Waals surface area contributed by atoms with E-state index in [0.717, 1.165) is 5.56 Å². The summed E-state index contributed by atoms with van der Waals surface area (Å²) in [6.07, 6.45) is 0. The van der Waals surface area contributed by atoms with Gasteiger partial charge in [-0.3, -0.25) is 0 Å². The molecule has 0 heterocycles. The smallest absolute Gasteiger partial charge is 0.149 e. The maximum absolute atomic E-state index is 9.34. The Morgan fingerprint density at radius 3 is 2.47 bits per heavy atom. The largest absolute Gasteiger partial charge is 0.508 e. The lowest BCUT2D eigenvalue weighted by atomic mass is 10.2. The van der Waals surface area contributed by atoms with Gasteiger partial charge in [0.25, 0.3) is 0 Å². The quantitative estimate of drug-likeness (QED) is 0.878. The number of halogens is 1. The summed E-state index contributed by atoms with van der Waals surface area (Å²) < 4.78 is 5.56. The topological polar surface area (TPSA) is 55.5 Å². The van der Waals surface area contributed by atoms with Crippen molar-refractivity contribution < 1.29 is 9.84 Å².